The second-order valence-corrected chi connectivity index (χ2v) is 8.63. The molecule has 0 aliphatic carbocycles. The molecule has 4 rings (SSSR count). The molecule has 174 valence electrons. The van der Waals surface area contributed by atoms with E-state index in [-0.39, 0.29) is 5.91 Å². The molecule has 1 amide bonds. The van der Waals surface area contributed by atoms with Crippen LogP contribution in [0, 0.1) is 13.8 Å². The largest absolute Gasteiger partial charge is 0.386 e. The Bertz CT molecular complexity index is 1360. The van der Waals surface area contributed by atoms with Gasteiger partial charge in [-0.15, -0.1) is 0 Å². The second-order valence-electron chi connectivity index (χ2n) is 8.63. The summed E-state index contributed by atoms with van der Waals surface area (Å²) in [6, 6.07) is 16.1. The van der Waals surface area contributed by atoms with Gasteiger partial charge in [0.2, 0.25) is 0 Å². The minimum atomic E-state index is -1.04. The number of aromatic nitrogens is 4. The van der Waals surface area contributed by atoms with E-state index < -0.39 is 5.60 Å². The van der Waals surface area contributed by atoms with Gasteiger partial charge >= 0.3 is 0 Å². The summed E-state index contributed by atoms with van der Waals surface area (Å²) in [6.07, 6.45) is 1.39. The van der Waals surface area contributed by atoms with Crippen molar-refractivity contribution in [3.63, 3.8) is 0 Å². The lowest BCUT2D eigenvalue weighted by molar-refractivity contribution is 0.0785. The van der Waals surface area contributed by atoms with Crippen molar-refractivity contribution in [3.8, 4) is 5.82 Å². The number of carbonyl (C=O) groups is 1. The number of amides is 1. The molecule has 0 unspecified atom stereocenters. The fourth-order valence-corrected chi connectivity index (χ4v) is 3.46. The molecule has 5 N–H and O–H groups in total. The molecule has 2 heterocycles. The molecule has 0 aliphatic heterocycles. The summed E-state index contributed by atoms with van der Waals surface area (Å²) in [7, 11) is 0. The fourth-order valence-electron chi connectivity index (χ4n) is 3.46. The van der Waals surface area contributed by atoms with Crippen LogP contribution in [0.1, 0.15) is 41.0 Å². The van der Waals surface area contributed by atoms with Gasteiger partial charge in [-0.3, -0.25) is 4.79 Å². The number of nitrogen functional groups attached to an aromatic ring is 1. The zero-order valence-electron chi connectivity index (χ0n) is 19.5. The summed E-state index contributed by atoms with van der Waals surface area (Å²) in [5.41, 5.74) is 9.11. The minimum absolute atomic E-state index is 0.266. The Hall–Kier alpha value is -4.24. The number of nitrogens with two attached hydrogens (primary N) is 1. The molecule has 9 nitrogen and oxygen atoms in total. The van der Waals surface area contributed by atoms with Gasteiger partial charge in [0.25, 0.3) is 5.91 Å². The molecule has 2 aromatic heterocycles. The van der Waals surface area contributed by atoms with E-state index in [1.165, 1.54) is 6.33 Å². The van der Waals surface area contributed by atoms with E-state index in [0.29, 0.717) is 34.3 Å². The van der Waals surface area contributed by atoms with Crippen LogP contribution in [-0.4, -0.2) is 30.8 Å². The Labute approximate surface area is 197 Å². The van der Waals surface area contributed by atoms with Crippen molar-refractivity contribution in [2.45, 2.75) is 33.3 Å². The molecular formula is C25H27N7O2. The fraction of sp³-hybridized carbons (Fsp3) is 0.200. The SMILES string of the molecule is Cc1cc(Nc2cc(NC(=O)c3cccc(C(C)(C)O)c3)ccc2C)n(-c2cc(N)ncn2)n1. The minimum Gasteiger partial charge on any atom is -0.386 e. The van der Waals surface area contributed by atoms with Gasteiger partial charge in [0, 0.05) is 29.1 Å². The Kier molecular flexibility index (Phi) is 6.04. The molecule has 2 aromatic carbocycles. The Morgan fingerprint density at radius 3 is 2.59 bits per heavy atom. The number of aliphatic hydroxyl groups is 1. The lowest BCUT2D eigenvalue weighted by atomic mass is 9.96. The highest BCUT2D eigenvalue weighted by Gasteiger charge is 2.18. The first-order chi connectivity index (χ1) is 16.1. The average molecular weight is 458 g/mol. The van der Waals surface area contributed by atoms with Gasteiger partial charge in [0.1, 0.15) is 18.0 Å². The van der Waals surface area contributed by atoms with Gasteiger partial charge in [0.05, 0.1) is 11.3 Å². The van der Waals surface area contributed by atoms with Crippen molar-refractivity contribution < 1.29 is 9.90 Å². The third-order valence-corrected chi connectivity index (χ3v) is 5.31. The molecule has 34 heavy (non-hydrogen) atoms. The van der Waals surface area contributed by atoms with Crippen LogP contribution in [0.4, 0.5) is 23.0 Å². The van der Waals surface area contributed by atoms with Gasteiger partial charge in [0.15, 0.2) is 5.82 Å². The van der Waals surface area contributed by atoms with Crippen LogP contribution >= 0.6 is 0 Å². The van der Waals surface area contributed by atoms with E-state index >= 15 is 0 Å². The average Bonchev–Trinajstić information content (AvgIpc) is 3.15. The highest BCUT2D eigenvalue weighted by molar-refractivity contribution is 6.04. The monoisotopic (exact) mass is 457 g/mol. The molecule has 0 atom stereocenters. The van der Waals surface area contributed by atoms with E-state index in [1.54, 1.807) is 48.9 Å². The first kappa shape index (κ1) is 22.9. The number of carbonyl (C=O) groups excluding carboxylic acids is 1. The first-order valence-electron chi connectivity index (χ1n) is 10.8. The number of nitrogens with zero attached hydrogens (tertiary/aromatic N) is 4. The maximum Gasteiger partial charge on any atom is 0.255 e. The van der Waals surface area contributed by atoms with Crippen molar-refractivity contribution in [2.24, 2.45) is 0 Å². The molecule has 0 spiro atoms. The summed E-state index contributed by atoms with van der Waals surface area (Å²) >= 11 is 0. The molecular weight excluding hydrogens is 430 g/mol. The van der Waals surface area contributed by atoms with Crippen LogP contribution in [0.15, 0.2) is 60.9 Å². The second kappa shape index (κ2) is 8.95. The summed E-state index contributed by atoms with van der Waals surface area (Å²) < 4.78 is 1.65. The van der Waals surface area contributed by atoms with Gasteiger partial charge in [-0.2, -0.15) is 9.78 Å². The highest BCUT2D eigenvalue weighted by atomic mass is 16.3. The number of nitrogens with one attached hydrogen (secondary N) is 2. The molecule has 4 aromatic rings. The van der Waals surface area contributed by atoms with Crippen LogP contribution in [0.2, 0.25) is 0 Å². The van der Waals surface area contributed by atoms with Crippen LogP contribution < -0.4 is 16.4 Å². The molecule has 0 aliphatic rings. The number of benzene rings is 2. The number of rotatable bonds is 6. The normalized spacial score (nSPS) is 11.3. The predicted molar refractivity (Wildman–Crippen MR) is 132 cm³/mol. The molecule has 0 saturated carbocycles. The number of hydrogen-bond donors (Lipinski definition) is 4. The predicted octanol–water partition coefficient (Wildman–Crippen LogP) is 4.08. The summed E-state index contributed by atoms with van der Waals surface area (Å²) in [5, 5.41) is 21.1. The van der Waals surface area contributed by atoms with Crippen LogP contribution in [0.25, 0.3) is 5.82 Å². The topological polar surface area (TPSA) is 131 Å². The van der Waals surface area contributed by atoms with Crippen molar-refractivity contribution in [1.82, 2.24) is 19.7 Å². The van der Waals surface area contributed by atoms with Crippen molar-refractivity contribution in [2.75, 3.05) is 16.4 Å². The number of aryl methyl sites for hydroxylation is 2. The number of anilines is 4. The van der Waals surface area contributed by atoms with Gasteiger partial charge in [-0.05, 0) is 63.1 Å². The van der Waals surface area contributed by atoms with E-state index in [0.717, 1.165) is 16.9 Å². The van der Waals surface area contributed by atoms with Crippen LogP contribution in [0.5, 0.6) is 0 Å². The summed E-state index contributed by atoms with van der Waals surface area (Å²) in [6.45, 7) is 7.23. The third kappa shape index (κ3) is 5.05. The van der Waals surface area contributed by atoms with Gasteiger partial charge < -0.3 is 21.5 Å². The van der Waals surface area contributed by atoms with Gasteiger partial charge in [-0.1, -0.05) is 18.2 Å². The quantitative estimate of drug-likeness (QED) is 0.343. The van der Waals surface area contributed by atoms with Crippen LogP contribution in [0.3, 0.4) is 0 Å². The van der Waals surface area contributed by atoms with E-state index in [4.69, 9.17) is 5.73 Å². The molecule has 0 fully saturated rings. The van der Waals surface area contributed by atoms with E-state index in [1.807, 2.05) is 38.1 Å². The summed E-state index contributed by atoms with van der Waals surface area (Å²) in [5.74, 6) is 1.31. The van der Waals surface area contributed by atoms with E-state index in [2.05, 4.69) is 25.7 Å². The Morgan fingerprint density at radius 2 is 1.85 bits per heavy atom. The van der Waals surface area contributed by atoms with Crippen molar-refractivity contribution in [1.29, 1.82) is 0 Å². The molecule has 0 bridgehead atoms. The smallest absolute Gasteiger partial charge is 0.255 e. The Morgan fingerprint density at radius 1 is 1.06 bits per heavy atom. The first-order valence-corrected chi connectivity index (χ1v) is 10.8. The molecule has 0 saturated heterocycles. The van der Waals surface area contributed by atoms with E-state index in [9.17, 15) is 9.90 Å². The highest BCUT2D eigenvalue weighted by Crippen LogP contribution is 2.27. The Balaban J connectivity index is 1.59. The standard InChI is InChI=1S/C25H27N7O2/c1-15-8-9-19(29-24(33)17-6-5-7-18(11-17)25(3,4)34)12-20(15)30-23-10-16(2)31-32(23)22-13-21(26)27-14-28-22/h5-14,30,34H,1-4H3,(H,29,33)(H2,26,27,28). The lowest BCUT2D eigenvalue weighted by Gasteiger charge is -2.18. The number of hydrogen-bond acceptors (Lipinski definition) is 7. The van der Waals surface area contributed by atoms with Crippen LogP contribution in [-0.2, 0) is 5.60 Å². The summed E-state index contributed by atoms with van der Waals surface area (Å²) in [4.78, 5) is 21.1. The molecule has 0 radical (unpaired) electrons. The third-order valence-electron chi connectivity index (χ3n) is 5.31. The lowest BCUT2D eigenvalue weighted by Crippen LogP contribution is -2.18. The maximum absolute atomic E-state index is 12.9. The zero-order valence-corrected chi connectivity index (χ0v) is 19.5. The maximum atomic E-state index is 12.9. The molecule has 9 heteroatoms. The zero-order chi connectivity index (χ0) is 24.5. The van der Waals surface area contributed by atoms with Crippen molar-refractivity contribution in [3.05, 3.63) is 83.3 Å². The van der Waals surface area contributed by atoms with Crippen molar-refractivity contribution >= 4 is 28.9 Å². The van der Waals surface area contributed by atoms with Gasteiger partial charge in [-0.25, -0.2) is 9.97 Å².